The molecule has 0 spiro atoms. The van der Waals surface area contributed by atoms with Gasteiger partial charge in [-0.25, -0.2) is 9.97 Å². The molecule has 5 heteroatoms. The molecule has 0 saturated heterocycles. The number of hydrogen-bond donors (Lipinski definition) is 1. The first kappa shape index (κ1) is 16.5. The molecule has 4 nitrogen and oxygen atoms in total. The van der Waals surface area contributed by atoms with E-state index in [0.29, 0.717) is 12.5 Å². The smallest absolute Gasteiger partial charge is 0.141 e. The Morgan fingerprint density at radius 1 is 1.20 bits per heavy atom. The van der Waals surface area contributed by atoms with Crippen LogP contribution < -0.4 is 4.90 Å². The molecule has 1 aliphatic carbocycles. The van der Waals surface area contributed by atoms with Crippen LogP contribution in [0.3, 0.4) is 0 Å². The van der Waals surface area contributed by atoms with Crippen LogP contribution in [0.25, 0.3) is 21.3 Å². The predicted octanol–water partition coefficient (Wildman–Crippen LogP) is 4.44. The lowest BCUT2D eigenvalue weighted by Gasteiger charge is -2.27. The lowest BCUT2D eigenvalue weighted by atomic mass is 10.1. The quantitative estimate of drug-likeness (QED) is 0.736. The van der Waals surface area contributed by atoms with Gasteiger partial charge >= 0.3 is 0 Å². The minimum absolute atomic E-state index is 0.501. The fourth-order valence-electron chi connectivity index (χ4n) is 3.23. The number of aliphatic hydroxyl groups is 1. The van der Waals surface area contributed by atoms with Crippen LogP contribution in [0, 0.1) is 0 Å². The zero-order valence-electron chi connectivity index (χ0n) is 14.9. The van der Waals surface area contributed by atoms with Crippen molar-refractivity contribution in [3.8, 4) is 11.1 Å². The molecule has 0 atom stereocenters. The number of thiophene rings is 1. The van der Waals surface area contributed by atoms with Crippen LogP contribution in [0.2, 0.25) is 0 Å². The summed E-state index contributed by atoms with van der Waals surface area (Å²) in [6, 6.07) is 10.4. The maximum absolute atomic E-state index is 10.3. The van der Waals surface area contributed by atoms with Crippen LogP contribution >= 0.6 is 11.3 Å². The van der Waals surface area contributed by atoms with Gasteiger partial charge in [0.25, 0.3) is 0 Å². The lowest BCUT2D eigenvalue weighted by Crippen LogP contribution is -2.36. The molecule has 2 aromatic heterocycles. The van der Waals surface area contributed by atoms with Crippen molar-refractivity contribution < 1.29 is 5.11 Å². The van der Waals surface area contributed by atoms with Crippen LogP contribution in [0.15, 0.2) is 35.7 Å². The first-order valence-corrected chi connectivity index (χ1v) is 9.58. The molecule has 0 amide bonds. The minimum Gasteiger partial charge on any atom is -0.389 e. The Balaban J connectivity index is 1.89. The second-order valence-corrected chi connectivity index (χ2v) is 8.40. The van der Waals surface area contributed by atoms with Gasteiger partial charge in [0.05, 0.1) is 11.0 Å². The number of anilines is 1. The lowest BCUT2D eigenvalue weighted by molar-refractivity contribution is 0.0885. The second kappa shape index (κ2) is 6.07. The summed E-state index contributed by atoms with van der Waals surface area (Å²) in [5, 5.41) is 13.5. The number of likely N-dealkylation sites (N-methyl/N-ethyl adjacent to an activating group) is 1. The molecule has 1 N–H and O–H groups in total. The van der Waals surface area contributed by atoms with Gasteiger partial charge in [-0.05, 0) is 32.3 Å². The molecule has 0 unspecified atom stereocenters. The largest absolute Gasteiger partial charge is 0.389 e. The zero-order valence-corrected chi connectivity index (χ0v) is 15.7. The second-order valence-electron chi connectivity index (χ2n) is 7.54. The van der Waals surface area contributed by atoms with Gasteiger partial charge in [0.1, 0.15) is 16.5 Å². The first-order valence-electron chi connectivity index (χ1n) is 8.70. The Morgan fingerprint density at radius 3 is 2.56 bits per heavy atom. The zero-order chi connectivity index (χ0) is 17.6. The van der Waals surface area contributed by atoms with E-state index in [9.17, 15) is 5.11 Å². The molecule has 1 saturated carbocycles. The normalized spacial score (nSPS) is 14.9. The molecule has 1 aromatic carbocycles. The average molecular weight is 353 g/mol. The van der Waals surface area contributed by atoms with Gasteiger partial charge in [-0.2, -0.15) is 0 Å². The van der Waals surface area contributed by atoms with E-state index in [4.69, 9.17) is 9.97 Å². The first-order chi connectivity index (χ1) is 11.9. The Hall–Kier alpha value is -1.98. The van der Waals surface area contributed by atoms with Crippen LogP contribution in [0.1, 0.15) is 38.4 Å². The molecule has 130 valence electrons. The maximum atomic E-state index is 10.3. The van der Waals surface area contributed by atoms with E-state index in [2.05, 4.69) is 34.5 Å². The van der Waals surface area contributed by atoms with E-state index in [1.54, 1.807) is 11.3 Å². The van der Waals surface area contributed by atoms with Crippen molar-refractivity contribution in [2.45, 2.75) is 38.2 Å². The summed E-state index contributed by atoms with van der Waals surface area (Å²) in [6.45, 7) is 4.18. The molecule has 3 aromatic rings. The molecule has 1 aliphatic rings. The molecular formula is C20H23N3OS. The molecule has 1 fully saturated rings. The highest BCUT2D eigenvalue weighted by Crippen LogP contribution is 2.43. The topological polar surface area (TPSA) is 49.2 Å². The SMILES string of the molecule is CN(CC(C)(C)O)c1nc(C2CC2)nc2scc(-c3ccccc3)c12. The summed E-state index contributed by atoms with van der Waals surface area (Å²) in [7, 11) is 2.00. The Labute approximate surface area is 152 Å². The average Bonchev–Trinajstić information content (AvgIpc) is 3.33. The highest BCUT2D eigenvalue weighted by molar-refractivity contribution is 7.17. The Morgan fingerprint density at radius 2 is 1.92 bits per heavy atom. The van der Waals surface area contributed by atoms with E-state index in [0.717, 1.165) is 21.9 Å². The number of fused-ring (bicyclic) bond motifs is 1. The summed E-state index contributed by atoms with van der Waals surface area (Å²) in [5.74, 6) is 2.38. The summed E-state index contributed by atoms with van der Waals surface area (Å²) >= 11 is 1.68. The number of nitrogens with zero attached hydrogens (tertiary/aromatic N) is 3. The molecule has 0 aliphatic heterocycles. The van der Waals surface area contributed by atoms with Gasteiger partial charge in [0.2, 0.25) is 0 Å². The summed E-state index contributed by atoms with van der Waals surface area (Å²) in [4.78, 5) is 12.9. The van der Waals surface area contributed by atoms with Crippen molar-refractivity contribution >= 4 is 27.4 Å². The predicted molar refractivity (Wildman–Crippen MR) is 104 cm³/mol. The van der Waals surface area contributed by atoms with E-state index in [-0.39, 0.29) is 0 Å². The van der Waals surface area contributed by atoms with Gasteiger partial charge in [-0.3, -0.25) is 0 Å². The van der Waals surface area contributed by atoms with Crippen LogP contribution in [0.5, 0.6) is 0 Å². The standard InChI is InChI=1S/C20H23N3OS/c1-20(2,24)12-23(3)18-16-15(13-7-5-4-6-8-13)11-25-19(16)22-17(21-18)14-9-10-14/h4-8,11,14,24H,9-10,12H2,1-3H3. The van der Waals surface area contributed by atoms with Crippen LogP contribution in [0.4, 0.5) is 5.82 Å². The highest BCUT2D eigenvalue weighted by atomic mass is 32.1. The van der Waals surface area contributed by atoms with Gasteiger partial charge in [0, 0.05) is 30.5 Å². The molecule has 2 heterocycles. The number of rotatable bonds is 5. The fourth-order valence-corrected chi connectivity index (χ4v) is 4.17. The van der Waals surface area contributed by atoms with Gasteiger partial charge < -0.3 is 10.0 Å². The third kappa shape index (κ3) is 3.39. The van der Waals surface area contributed by atoms with Crippen molar-refractivity contribution in [1.29, 1.82) is 0 Å². The third-order valence-electron chi connectivity index (χ3n) is 4.44. The fraction of sp³-hybridized carbons (Fsp3) is 0.400. The van der Waals surface area contributed by atoms with Crippen LogP contribution in [-0.2, 0) is 0 Å². The molecule has 4 rings (SSSR count). The number of hydrogen-bond acceptors (Lipinski definition) is 5. The summed E-state index contributed by atoms with van der Waals surface area (Å²) in [5.41, 5.74) is 1.56. The van der Waals surface area contributed by atoms with Gasteiger partial charge in [0.15, 0.2) is 0 Å². The highest BCUT2D eigenvalue weighted by Gasteiger charge is 2.30. The Kier molecular flexibility index (Phi) is 4.01. The molecule has 25 heavy (non-hydrogen) atoms. The van der Waals surface area contributed by atoms with Crippen LogP contribution in [-0.4, -0.2) is 34.3 Å². The van der Waals surface area contributed by atoms with Gasteiger partial charge in [-0.15, -0.1) is 11.3 Å². The number of aromatic nitrogens is 2. The van der Waals surface area contributed by atoms with Gasteiger partial charge in [-0.1, -0.05) is 30.3 Å². The van der Waals surface area contributed by atoms with E-state index >= 15 is 0 Å². The molecule has 0 bridgehead atoms. The molecule has 0 radical (unpaired) electrons. The monoisotopic (exact) mass is 353 g/mol. The van der Waals surface area contributed by atoms with E-state index in [1.165, 1.54) is 24.0 Å². The molecular weight excluding hydrogens is 330 g/mol. The van der Waals surface area contributed by atoms with Crippen molar-refractivity contribution in [3.63, 3.8) is 0 Å². The maximum Gasteiger partial charge on any atom is 0.141 e. The van der Waals surface area contributed by atoms with Crippen molar-refractivity contribution in [2.75, 3.05) is 18.5 Å². The van der Waals surface area contributed by atoms with E-state index < -0.39 is 5.60 Å². The van der Waals surface area contributed by atoms with E-state index in [1.807, 2.05) is 27.0 Å². The summed E-state index contributed by atoms with van der Waals surface area (Å²) < 4.78 is 0. The minimum atomic E-state index is -0.783. The van der Waals surface area contributed by atoms with Crippen molar-refractivity contribution in [1.82, 2.24) is 9.97 Å². The number of benzene rings is 1. The summed E-state index contributed by atoms with van der Waals surface area (Å²) in [6.07, 6.45) is 2.36. The van der Waals surface area contributed by atoms with Crippen molar-refractivity contribution in [2.24, 2.45) is 0 Å². The van der Waals surface area contributed by atoms with Crippen molar-refractivity contribution in [3.05, 3.63) is 41.5 Å². The third-order valence-corrected chi connectivity index (χ3v) is 5.32. The Bertz CT molecular complexity index is 894.